The standard InChI is InChI=1S/C11H8N2OS.C2H6/c1-7-12-8-4-6-15-11(8)10(13-7)9-3-2-5-14-9;1-2/h2-6H,1H3;1-2H3. The predicted octanol–water partition coefficient (Wildman–Crippen LogP) is 4.29. The molecule has 0 radical (unpaired) electrons. The summed E-state index contributed by atoms with van der Waals surface area (Å²) in [7, 11) is 0. The lowest BCUT2D eigenvalue weighted by atomic mass is 10.3. The monoisotopic (exact) mass is 246 g/mol. The maximum atomic E-state index is 5.37. The van der Waals surface area contributed by atoms with Crippen LogP contribution in [-0.4, -0.2) is 9.97 Å². The van der Waals surface area contributed by atoms with E-state index in [1.807, 2.05) is 44.4 Å². The number of nitrogens with zero attached hydrogens (tertiary/aromatic N) is 2. The predicted molar refractivity (Wildman–Crippen MR) is 71.2 cm³/mol. The van der Waals surface area contributed by atoms with Crippen LogP contribution in [0.25, 0.3) is 21.7 Å². The summed E-state index contributed by atoms with van der Waals surface area (Å²) in [5.74, 6) is 1.57. The van der Waals surface area contributed by atoms with E-state index < -0.39 is 0 Å². The zero-order chi connectivity index (χ0) is 12.3. The molecule has 0 saturated heterocycles. The lowest BCUT2D eigenvalue weighted by Gasteiger charge is -1.99. The summed E-state index contributed by atoms with van der Waals surface area (Å²) in [6.07, 6.45) is 1.66. The Balaban J connectivity index is 0.000000514. The molecule has 0 amide bonds. The molecule has 3 heterocycles. The fourth-order valence-electron chi connectivity index (χ4n) is 1.56. The Kier molecular flexibility index (Phi) is 3.54. The van der Waals surface area contributed by atoms with Gasteiger partial charge in [-0.2, -0.15) is 0 Å². The first kappa shape index (κ1) is 11.8. The third-order valence-electron chi connectivity index (χ3n) is 2.17. The van der Waals surface area contributed by atoms with Gasteiger partial charge in [0.15, 0.2) is 5.76 Å². The molecule has 0 atom stereocenters. The first-order valence-electron chi connectivity index (χ1n) is 5.60. The van der Waals surface area contributed by atoms with Crippen molar-refractivity contribution in [3.8, 4) is 11.5 Å². The van der Waals surface area contributed by atoms with Gasteiger partial charge in [-0.15, -0.1) is 11.3 Å². The Morgan fingerprint density at radius 3 is 2.71 bits per heavy atom. The normalized spacial score (nSPS) is 10.1. The van der Waals surface area contributed by atoms with Gasteiger partial charge in [0.05, 0.1) is 16.5 Å². The zero-order valence-corrected chi connectivity index (χ0v) is 10.9. The average molecular weight is 246 g/mol. The van der Waals surface area contributed by atoms with E-state index in [0.717, 1.165) is 27.5 Å². The maximum Gasteiger partial charge on any atom is 0.153 e. The summed E-state index contributed by atoms with van der Waals surface area (Å²) < 4.78 is 6.45. The van der Waals surface area contributed by atoms with Gasteiger partial charge in [0.1, 0.15) is 11.5 Å². The lowest BCUT2D eigenvalue weighted by Crippen LogP contribution is -1.90. The van der Waals surface area contributed by atoms with Crippen LogP contribution in [0.15, 0.2) is 34.3 Å². The van der Waals surface area contributed by atoms with Crippen LogP contribution in [0, 0.1) is 6.92 Å². The zero-order valence-electron chi connectivity index (χ0n) is 10.1. The lowest BCUT2D eigenvalue weighted by molar-refractivity contribution is 0.580. The molecule has 0 saturated carbocycles. The molecule has 0 unspecified atom stereocenters. The van der Waals surface area contributed by atoms with Crippen molar-refractivity contribution in [1.82, 2.24) is 9.97 Å². The van der Waals surface area contributed by atoms with Crippen molar-refractivity contribution in [2.75, 3.05) is 0 Å². The van der Waals surface area contributed by atoms with E-state index in [2.05, 4.69) is 9.97 Å². The third-order valence-corrected chi connectivity index (χ3v) is 3.08. The van der Waals surface area contributed by atoms with Gasteiger partial charge in [0, 0.05) is 0 Å². The summed E-state index contributed by atoms with van der Waals surface area (Å²) in [4.78, 5) is 8.79. The van der Waals surface area contributed by atoms with Crippen molar-refractivity contribution < 1.29 is 4.42 Å². The van der Waals surface area contributed by atoms with Crippen LogP contribution in [-0.2, 0) is 0 Å². The molecular formula is C13H14N2OS. The van der Waals surface area contributed by atoms with Gasteiger partial charge in [-0.05, 0) is 30.5 Å². The van der Waals surface area contributed by atoms with Crippen LogP contribution in [0.3, 0.4) is 0 Å². The molecule has 0 fully saturated rings. The van der Waals surface area contributed by atoms with E-state index in [0.29, 0.717) is 0 Å². The summed E-state index contributed by atoms with van der Waals surface area (Å²) in [6.45, 7) is 5.89. The minimum Gasteiger partial charge on any atom is -0.463 e. The van der Waals surface area contributed by atoms with Gasteiger partial charge in [0.2, 0.25) is 0 Å². The molecule has 88 valence electrons. The van der Waals surface area contributed by atoms with Gasteiger partial charge in [-0.25, -0.2) is 9.97 Å². The van der Waals surface area contributed by atoms with E-state index >= 15 is 0 Å². The number of aryl methyl sites for hydroxylation is 1. The van der Waals surface area contributed by atoms with Crippen molar-refractivity contribution >= 4 is 21.6 Å². The number of furan rings is 1. The summed E-state index contributed by atoms with van der Waals surface area (Å²) in [5.41, 5.74) is 1.87. The molecule has 0 aliphatic heterocycles. The van der Waals surface area contributed by atoms with Crippen LogP contribution in [0.4, 0.5) is 0 Å². The molecule has 0 N–H and O–H groups in total. The average Bonchev–Trinajstić information content (AvgIpc) is 3.01. The fourth-order valence-corrected chi connectivity index (χ4v) is 2.39. The number of hydrogen-bond donors (Lipinski definition) is 0. The summed E-state index contributed by atoms with van der Waals surface area (Å²) in [6, 6.07) is 5.79. The van der Waals surface area contributed by atoms with E-state index in [1.165, 1.54) is 0 Å². The summed E-state index contributed by atoms with van der Waals surface area (Å²) in [5, 5.41) is 2.02. The highest BCUT2D eigenvalue weighted by Gasteiger charge is 2.10. The molecule has 0 aromatic carbocycles. The maximum absolute atomic E-state index is 5.37. The van der Waals surface area contributed by atoms with Gasteiger partial charge in [0.25, 0.3) is 0 Å². The molecule has 0 spiro atoms. The molecule has 0 aliphatic carbocycles. The Morgan fingerprint density at radius 1 is 1.18 bits per heavy atom. The number of fused-ring (bicyclic) bond motifs is 1. The second kappa shape index (κ2) is 5.10. The van der Waals surface area contributed by atoms with Gasteiger partial charge < -0.3 is 4.42 Å². The molecule has 3 aromatic heterocycles. The number of aromatic nitrogens is 2. The highest BCUT2D eigenvalue weighted by Crippen LogP contribution is 2.30. The van der Waals surface area contributed by atoms with E-state index in [-0.39, 0.29) is 0 Å². The van der Waals surface area contributed by atoms with Crippen LogP contribution < -0.4 is 0 Å². The molecule has 4 heteroatoms. The van der Waals surface area contributed by atoms with E-state index in [1.54, 1.807) is 17.6 Å². The Bertz CT molecular complexity index is 599. The Hall–Kier alpha value is -1.68. The molecule has 0 aliphatic rings. The highest BCUT2D eigenvalue weighted by molar-refractivity contribution is 7.17. The second-order valence-corrected chi connectivity index (χ2v) is 4.15. The molecule has 3 nitrogen and oxygen atoms in total. The van der Waals surface area contributed by atoms with Gasteiger partial charge in [-0.3, -0.25) is 0 Å². The van der Waals surface area contributed by atoms with Crippen molar-refractivity contribution in [1.29, 1.82) is 0 Å². The van der Waals surface area contributed by atoms with Crippen molar-refractivity contribution in [3.63, 3.8) is 0 Å². The molecule has 3 rings (SSSR count). The van der Waals surface area contributed by atoms with Crippen molar-refractivity contribution in [2.45, 2.75) is 20.8 Å². The minimum absolute atomic E-state index is 0.771. The van der Waals surface area contributed by atoms with Gasteiger partial charge >= 0.3 is 0 Å². The fraction of sp³-hybridized carbons (Fsp3) is 0.231. The van der Waals surface area contributed by atoms with Crippen molar-refractivity contribution in [3.05, 3.63) is 35.7 Å². The number of rotatable bonds is 1. The van der Waals surface area contributed by atoms with Crippen LogP contribution in [0.1, 0.15) is 19.7 Å². The van der Waals surface area contributed by atoms with Crippen molar-refractivity contribution in [2.24, 2.45) is 0 Å². The SMILES string of the molecule is CC.Cc1nc(-c2ccco2)c2sccc2n1. The highest BCUT2D eigenvalue weighted by atomic mass is 32.1. The number of thiophene rings is 1. The smallest absolute Gasteiger partial charge is 0.153 e. The number of hydrogen-bond acceptors (Lipinski definition) is 4. The molecule has 3 aromatic rings. The Morgan fingerprint density at radius 2 is 2.00 bits per heavy atom. The third kappa shape index (κ3) is 2.22. The first-order valence-corrected chi connectivity index (χ1v) is 6.48. The van der Waals surface area contributed by atoms with Crippen LogP contribution >= 0.6 is 11.3 Å². The molecule has 0 bridgehead atoms. The molecular weight excluding hydrogens is 232 g/mol. The van der Waals surface area contributed by atoms with Crippen LogP contribution in [0.5, 0.6) is 0 Å². The molecule has 17 heavy (non-hydrogen) atoms. The summed E-state index contributed by atoms with van der Waals surface area (Å²) >= 11 is 1.64. The minimum atomic E-state index is 0.771. The first-order chi connectivity index (χ1) is 8.34. The topological polar surface area (TPSA) is 38.9 Å². The quantitative estimate of drug-likeness (QED) is 0.643. The van der Waals surface area contributed by atoms with E-state index in [9.17, 15) is 0 Å². The van der Waals surface area contributed by atoms with E-state index in [4.69, 9.17) is 4.42 Å². The largest absolute Gasteiger partial charge is 0.463 e. The van der Waals surface area contributed by atoms with Crippen LogP contribution in [0.2, 0.25) is 0 Å². The second-order valence-electron chi connectivity index (χ2n) is 3.23. The van der Waals surface area contributed by atoms with Gasteiger partial charge in [-0.1, -0.05) is 13.8 Å². The Labute approximate surface area is 104 Å².